The molecule has 1 aromatic heterocycles. The third-order valence-electron chi connectivity index (χ3n) is 2.40. The summed E-state index contributed by atoms with van der Waals surface area (Å²) in [5, 5.41) is 7.60. The van der Waals surface area contributed by atoms with E-state index in [1.165, 1.54) is 0 Å². The zero-order valence-corrected chi connectivity index (χ0v) is 11.0. The highest BCUT2D eigenvalue weighted by molar-refractivity contribution is 6.30. The summed E-state index contributed by atoms with van der Waals surface area (Å²) < 4.78 is 10.3. The molecule has 5 nitrogen and oxygen atoms in total. The van der Waals surface area contributed by atoms with Crippen molar-refractivity contribution in [1.82, 2.24) is 15.5 Å². The van der Waals surface area contributed by atoms with E-state index >= 15 is 0 Å². The molecule has 0 aliphatic heterocycles. The van der Waals surface area contributed by atoms with Crippen molar-refractivity contribution >= 4 is 11.6 Å². The predicted octanol–water partition coefficient (Wildman–Crippen LogP) is 2.33. The number of nitrogens with one attached hydrogen (secondary N) is 1. The minimum atomic E-state index is 0.510. The first-order valence-corrected chi connectivity index (χ1v) is 5.89. The van der Waals surface area contributed by atoms with Gasteiger partial charge in [-0.15, -0.1) is 0 Å². The van der Waals surface area contributed by atoms with Gasteiger partial charge in [0.25, 0.3) is 0 Å². The second-order valence-corrected chi connectivity index (χ2v) is 4.23. The first-order chi connectivity index (χ1) is 8.69. The molecule has 0 saturated heterocycles. The van der Waals surface area contributed by atoms with E-state index in [-0.39, 0.29) is 0 Å². The molecule has 0 saturated carbocycles. The molecule has 2 rings (SSSR count). The van der Waals surface area contributed by atoms with E-state index in [1.807, 2.05) is 12.1 Å². The zero-order chi connectivity index (χ0) is 13.0. The van der Waals surface area contributed by atoms with E-state index in [0.717, 1.165) is 11.3 Å². The van der Waals surface area contributed by atoms with Gasteiger partial charge in [0.15, 0.2) is 5.82 Å². The van der Waals surface area contributed by atoms with E-state index < -0.39 is 0 Å². The smallest absolute Gasteiger partial charge is 0.240 e. The number of aromatic nitrogens is 2. The van der Waals surface area contributed by atoms with Crippen LogP contribution in [0.2, 0.25) is 5.02 Å². The molecule has 0 radical (unpaired) electrons. The second-order valence-electron chi connectivity index (χ2n) is 3.80. The minimum Gasteiger partial charge on any atom is -0.496 e. The van der Waals surface area contributed by atoms with E-state index in [9.17, 15) is 0 Å². The Hall–Kier alpha value is -1.59. The maximum atomic E-state index is 5.95. The lowest BCUT2D eigenvalue weighted by molar-refractivity contribution is 0.362. The Kier molecular flexibility index (Phi) is 4.17. The summed E-state index contributed by atoms with van der Waals surface area (Å²) in [6, 6.07) is 5.51. The second kappa shape index (κ2) is 5.84. The monoisotopic (exact) mass is 267 g/mol. The fraction of sp³-hybridized carbons (Fsp3) is 0.333. The summed E-state index contributed by atoms with van der Waals surface area (Å²) >= 11 is 5.95. The molecule has 0 fully saturated rings. The van der Waals surface area contributed by atoms with Crippen molar-refractivity contribution in [3.8, 4) is 5.75 Å². The van der Waals surface area contributed by atoms with Crippen LogP contribution >= 0.6 is 11.6 Å². The van der Waals surface area contributed by atoms with Crippen molar-refractivity contribution in [1.29, 1.82) is 0 Å². The van der Waals surface area contributed by atoms with Crippen molar-refractivity contribution in [3.05, 3.63) is 40.5 Å². The van der Waals surface area contributed by atoms with E-state index in [0.29, 0.717) is 29.8 Å². The summed E-state index contributed by atoms with van der Waals surface area (Å²) in [4.78, 5) is 4.10. The van der Waals surface area contributed by atoms with Crippen LogP contribution in [0.1, 0.15) is 17.3 Å². The first-order valence-electron chi connectivity index (χ1n) is 5.51. The van der Waals surface area contributed by atoms with Crippen molar-refractivity contribution in [2.24, 2.45) is 0 Å². The molecule has 0 amide bonds. The Morgan fingerprint density at radius 3 is 2.89 bits per heavy atom. The molecular weight excluding hydrogens is 254 g/mol. The molecule has 0 spiro atoms. The Balaban J connectivity index is 1.95. The number of aryl methyl sites for hydroxylation is 1. The van der Waals surface area contributed by atoms with Gasteiger partial charge >= 0.3 is 0 Å². The van der Waals surface area contributed by atoms with Gasteiger partial charge in [0.05, 0.1) is 13.7 Å². The molecule has 18 heavy (non-hydrogen) atoms. The summed E-state index contributed by atoms with van der Waals surface area (Å²) in [6.45, 7) is 2.91. The topological polar surface area (TPSA) is 60.2 Å². The van der Waals surface area contributed by atoms with Gasteiger partial charge in [-0.1, -0.05) is 16.8 Å². The molecule has 0 unspecified atom stereocenters. The van der Waals surface area contributed by atoms with E-state index in [1.54, 1.807) is 20.1 Å². The van der Waals surface area contributed by atoms with Gasteiger partial charge in [-0.2, -0.15) is 4.98 Å². The molecule has 0 aliphatic rings. The van der Waals surface area contributed by atoms with Crippen LogP contribution in [0.3, 0.4) is 0 Å². The van der Waals surface area contributed by atoms with Crippen LogP contribution in [0.5, 0.6) is 5.75 Å². The lowest BCUT2D eigenvalue weighted by Gasteiger charge is -2.09. The summed E-state index contributed by atoms with van der Waals surface area (Å²) in [5.74, 6) is 1.99. The maximum absolute atomic E-state index is 5.95. The highest BCUT2D eigenvalue weighted by atomic mass is 35.5. The number of methoxy groups -OCH3 is 1. The first kappa shape index (κ1) is 12.9. The molecule has 2 aromatic rings. The van der Waals surface area contributed by atoms with Crippen molar-refractivity contribution in [2.45, 2.75) is 20.0 Å². The van der Waals surface area contributed by atoms with Crippen molar-refractivity contribution < 1.29 is 9.26 Å². The number of benzene rings is 1. The number of hydrogen-bond acceptors (Lipinski definition) is 5. The van der Waals surface area contributed by atoms with Gasteiger partial charge in [-0.25, -0.2) is 0 Å². The number of hydrogen-bond donors (Lipinski definition) is 1. The molecule has 0 bridgehead atoms. The lowest BCUT2D eigenvalue weighted by atomic mass is 10.2. The molecule has 96 valence electrons. The largest absolute Gasteiger partial charge is 0.496 e. The van der Waals surface area contributed by atoms with Crippen LogP contribution in [0.25, 0.3) is 0 Å². The Morgan fingerprint density at radius 2 is 2.22 bits per heavy atom. The predicted molar refractivity (Wildman–Crippen MR) is 67.6 cm³/mol. The SMILES string of the molecule is COc1ccc(Cl)cc1CNCc1nc(C)no1. The quantitative estimate of drug-likeness (QED) is 0.901. The maximum Gasteiger partial charge on any atom is 0.240 e. The highest BCUT2D eigenvalue weighted by Crippen LogP contribution is 2.22. The molecule has 6 heteroatoms. The van der Waals surface area contributed by atoms with E-state index in [2.05, 4.69) is 15.5 Å². The zero-order valence-electron chi connectivity index (χ0n) is 10.2. The Morgan fingerprint density at radius 1 is 1.39 bits per heavy atom. The van der Waals surface area contributed by atoms with Gasteiger partial charge in [0.1, 0.15) is 5.75 Å². The summed E-state index contributed by atoms with van der Waals surface area (Å²) in [7, 11) is 1.63. The van der Waals surface area contributed by atoms with Crippen LogP contribution in [0.15, 0.2) is 22.7 Å². The van der Waals surface area contributed by atoms with Gasteiger partial charge in [0, 0.05) is 17.1 Å². The molecule has 1 N–H and O–H groups in total. The standard InChI is InChI=1S/C12H14ClN3O2/c1-8-15-12(18-16-8)7-14-6-9-5-10(13)3-4-11(9)17-2/h3-5,14H,6-7H2,1-2H3. The van der Waals surface area contributed by atoms with Gasteiger partial charge in [-0.3, -0.25) is 0 Å². The highest BCUT2D eigenvalue weighted by Gasteiger charge is 2.05. The summed E-state index contributed by atoms with van der Waals surface area (Å²) in [5.41, 5.74) is 0.987. The fourth-order valence-electron chi connectivity index (χ4n) is 1.60. The third kappa shape index (κ3) is 3.21. The number of ether oxygens (including phenoxy) is 1. The number of nitrogens with zero attached hydrogens (tertiary/aromatic N) is 2. The van der Waals surface area contributed by atoms with Gasteiger partial charge in [-0.05, 0) is 25.1 Å². The average molecular weight is 268 g/mol. The van der Waals surface area contributed by atoms with Crippen molar-refractivity contribution in [3.63, 3.8) is 0 Å². The lowest BCUT2D eigenvalue weighted by Crippen LogP contribution is -2.13. The molecule has 0 atom stereocenters. The summed E-state index contributed by atoms with van der Waals surface area (Å²) in [6.07, 6.45) is 0. The van der Waals surface area contributed by atoms with Crippen LogP contribution in [-0.2, 0) is 13.1 Å². The normalized spacial score (nSPS) is 10.6. The Labute approximate surface area is 110 Å². The third-order valence-corrected chi connectivity index (χ3v) is 2.64. The van der Waals surface area contributed by atoms with Crippen LogP contribution in [0, 0.1) is 6.92 Å². The fourth-order valence-corrected chi connectivity index (χ4v) is 1.80. The van der Waals surface area contributed by atoms with Gasteiger partial charge in [0.2, 0.25) is 5.89 Å². The van der Waals surface area contributed by atoms with E-state index in [4.69, 9.17) is 20.9 Å². The number of rotatable bonds is 5. The van der Waals surface area contributed by atoms with Crippen molar-refractivity contribution in [2.75, 3.05) is 7.11 Å². The van der Waals surface area contributed by atoms with Crippen LogP contribution in [0.4, 0.5) is 0 Å². The van der Waals surface area contributed by atoms with Crippen LogP contribution < -0.4 is 10.1 Å². The molecule has 1 heterocycles. The average Bonchev–Trinajstić information content (AvgIpc) is 2.75. The number of halogens is 1. The minimum absolute atomic E-state index is 0.510. The molecular formula is C12H14ClN3O2. The molecule has 0 aliphatic carbocycles. The van der Waals surface area contributed by atoms with Gasteiger partial charge < -0.3 is 14.6 Å². The van der Waals surface area contributed by atoms with Crippen LogP contribution in [-0.4, -0.2) is 17.3 Å². The Bertz CT molecular complexity index is 528. The molecule has 1 aromatic carbocycles.